The van der Waals surface area contributed by atoms with Crippen LogP contribution in [0.5, 0.6) is 11.5 Å². The Kier molecular flexibility index (Phi) is 16.9. The molecule has 0 bridgehead atoms. The summed E-state index contributed by atoms with van der Waals surface area (Å²) in [6.07, 6.45) is 5.52. The number of rotatable bonds is 18. The van der Waals surface area contributed by atoms with E-state index in [1.54, 1.807) is 12.1 Å². The number of phenols is 1. The largest absolute Gasteiger partial charge is 0.506 e. The molecule has 0 aliphatic carbocycles. The minimum Gasteiger partial charge on any atom is -0.506 e. The number of aromatic amines is 1. The van der Waals surface area contributed by atoms with Crippen molar-refractivity contribution in [2.24, 2.45) is 11.3 Å². The Bertz CT molecular complexity index is 3160. The number of ether oxygens (including phenoxy) is 2. The van der Waals surface area contributed by atoms with Crippen molar-refractivity contribution in [3.63, 3.8) is 0 Å². The van der Waals surface area contributed by atoms with Crippen LogP contribution in [0.4, 0.5) is 0 Å². The van der Waals surface area contributed by atoms with Gasteiger partial charge in [-0.3, -0.25) is 24.1 Å². The summed E-state index contributed by atoms with van der Waals surface area (Å²) >= 11 is 0. The first-order valence-corrected chi connectivity index (χ1v) is 27.3. The number of likely N-dealkylation sites (tertiary alicyclic amines) is 3. The van der Waals surface area contributed by atoms with Crippen LogP contribution in [0.1, 0.15) is 105 Å². The Morgan fingerprint density at radius 3 is 1.92 bits per heavy atom. The van der Waals surface area contributed by atoms with Gasteiger partial charge in [-0.1, -0.05) is 103 Å². The lowest BCUT2D eigenvalue weighted by Crippen LogP contribution is -2.49. The monoisotopic (exact) mass is 1040 g/mol. The third-order valence-electron chi connectivity index (χ3n) is 16.2. The van der Waals surface area contributed by atoms with Crippen molar-refractivity contribution in [2.75, 3.05) is 59.0 Å². The van der Waals surface area contributed by atoms with Crippen LogP contribution in [0, 0.1) is 11.3 Å². The van der Waals surface area contributed by atoms with Crippen LogP contribution in [-0.4, -0.2) is 107 Å². The highest BCUT2D eigenvalue weighted by atomic mass is 16.5. The minimum atomic E-state index is -0.838. The summed E-state index contributed by atoms with van der Waals surface area (Å²) in [6.45, 7) is 7.28. The molecule has 3 fully saturated rings. The number of phenolic OH excluding ortho intramolecular Hbond substituents is 1. The summed E-state index contributed by atoms with van der Waals surface area (Å²) in [5.74, 6) is 0.148. The average Bonchev–Trinajstić information content (AvgIpc) is 3.47. The number of benzene rings is 6. The number of hydrogen-bond donors (Lipinski definition) is 4. The van der Waals surface area contributed by atoms with Crippen molar-refractivity contribution in [1.82, 2.24) is 25.0 Å². The summed E-state index contributed by atoms with van der Waals surface area (Å²) in [4.78, 5) is 62.1. The number of aromatic nitrogens is 1. The van der Waals surface area contributed by atoms with Gasteiger partial charge in [-0.15, -0.1) is 0 Å². The van der Waals surface area contributed by atoms with E-state index < -0.39 is 12.0 Å². The van der Waals surface area contributed by atoms with E-state index in [0.717, 1.165) is 80.4 Å². The highest BCUT2D eigenvalue weighted by Crippen LogP contribution is 2.42. The molecule has 7 aromatic rings. The Labute approximate surface area is 450 Å². The molecule has 3 saturated heterocycles. The number of aromatic hydroxyl groups is 1. The van der Waals surface area contributed by atoms with Crippen LogP contribution < -0.4 is 15.6 Å². The van der Waals surface area contributed by atoms with Crippen LogP contribution in [0.2, 0.25) is 0 Å². The molecule has 77 heavy (non-hydrogen) atoms. The molecule has 10 rings (SSSR count). The number of pyridine rings is 1. The molecule has 2 unspecified atom stereocenters. The first-order chi connectivity index (χ1) is 37.6. The molecular formula is C64H69N5O8. The molecule has 13 nitrogen and oxygen atoms in total. The molecule has 4 heterocycles. The highest BCUT2D eigenvalue weighted by molar-refractivity contribution is 5.95. The quantitative estimate of drug-likeness (QED) is 0.0481. The Morgan fingerprint density at radius 1 is 0.662 bits per heavy atom. The number of carbonyl (C=O) groups is 3. The third kappa shape index (κ3) is 13.2. The summed E-state index contributed by atoms with van der Waals surface area (Å²) < 4.78 is 12.4. The van der Waals surface area contributed by atoms with Gasteiger partial charge >= 0.3 is 5.97 Å². The molecule has 0 radical (unpaired) electrons. The predicted octanol–water partition coefficient (Wildman–Crippen LogP) is 9.42. The Morgan fingerprint density at radius 2 is 1.27 bits per heavy atom. The van der Waals surface area contributed by atoms with E-state index in [1.165, 1.54) is 17.7 Å². The van der Waals surface area contributed by atoms with Crippen molar-refractivity contribution in [3.05, 3.63) is 213 Å². The summed E-state index contributed by atoms with van der Waals surface area (Å²) in [5.41, 5.74) is 7.03. The molecule has 1 spiro atoms. The Hall–Kier alpha value is -7.58. The fraction of sp³-hybridized carbons (Fsp3) is 0.344. The number of aliphatic hydroxyl groups is 1. The summed E-state index contributed by atoms with van der Waals surface area (Å²) in [5, 5.41) is 25.0. The van der Waals surface area contributed by atoms with E-state index >= 15 is 0 Å². The van der Waals surface area contributed by atoms with Crippen molar-refractivity contribution in [2.45, 2.75) is 70.1 Å². The number of nitrogens with zero attached hydrogens (tertiary/aromatic N) is 3. The number of fused-ring (bicyclic) bond motifs is 1. The van der Waals surface area contributed by atoms with E-state index in [9.17, 15) is 29.4 Å². The molecule has 6 aromatic carbocycles. The summed E-state index contributed by atoms with van der Waals surface area (Å²) in [7, 11) is 0. The standard InChI is InChI=1S/C64H69N5O8/c70-56-24-22-54(55-23-25-58(72)66-60(55)56)57(71)41-65-33-26-45-14-18-50(19-15-45)61(73)68-36-29-64(30-37-68)31-38-69(39-32-64)62(74)51-20-16-47(17-21-51)43-76-53-13-7-12-52(40-53)59(49-10-5-2-6-11-49)63(75)77-44-48-27-34-67(35-28-48)42-46-8-3-1-4-9-46/h1-25,40,48,57,59,65,70-71H,26-39,41-44H2,(H,66,72). The zero-order chi connectivity index (χ0) is 53.1. The minimum absolute atomic E-state index is 0.0270. The van der Waals surface area contributed by atoms with Crippen molar-refractivity contribution in [1.29, 1.82) is 0 Å². The second kappa shape index (κ2) is 24.6. The van der Waals surface area contributed by atoms with Gasteiger partial charge in [-0.2, -0.15) is 0 Å². The second-order valence-corrected chi connectivity index (χ2v) is 21.3. The number of amides is 2. The number of piperidine rings is 3. The molecule has 13 heteroatoms. The van der Waals surface area contributed by atoms with Gasteiger partial charge in [0, 0.05) is 61.8 Å². The van der Waals surface area contributed by atoms with Gasteiger partial charge in [0.15, 0.2) is 0 Å². The van der Waals surface area contributed by atoms with E-state index in [2.05, 4.69) is 39.5 Å². The van der Waals surface area contributed by atoms with Gasteiger partial charge in [0.1, 0.15) is 24.0 Å². The highest BCUT2D eigenvalue weighted by Gasteiger charge is 2.40. The van der Waals surface area contributed by atoms with Gasteiger partial charge in [0.2, 0.25) is 5.56 Å². The fourth-order valence-corrected chi connectivity index (χ4v) is 11.4. The van der Waals surface area contributed by atoms with Gasteiger partial charge in [-0.05, 0) is 158 Å². The van der Waals surface area contributed by atoms with Crippen LogP contribution in [0.3, 0.4) is 0 Å². The number of aliphatic hydroxyl groups excluding tert-OH is 1. The molecule has 398 valence electrons. The predicted molar refractivity (Wildman–Crippen MR) is 298 cm³/mol. The number of nitrogens with one attached hydrogen (secondary N) is 2. The number of esters is 1. The first kappa shape index (κ1) is 52.8. The van der Waals surface area contributed by atoms with Crippen molar-refractivity contribution in [3.8, 4) is 11.5 Å². The van der Waals surface area contributed by atoms with Gasteiger partial charge in [-0.25, -0.2) is 0 Å². The average molecular weight is 1040 g/mol. The third-order valence-corrected chi connectivity index (χ3v) is 16.2. The van der Waals surface area contributed by atoms with E-state index in [-0.39, 0.29) is 34.5 Å². The van der Waals surface area contributed by atoms with Crippen LogP contribution in [0.25, 0.3) is 10.9 Å². The Balaban J connectivity index is 0.646. The fourth-order valence-electron chi connectivity index (χ4n) is 11.4. The zero-order valence-corrected chi connectivity index (χ0v) is 43.7. The molecular weight excluding hydrogens is 967 g/mol. The van der Waals surface area contributed by atoms with E-state index in [1.807, 2.05) is 119 Å². The maximum atomic E-state index is 13.9. The molecule has 4 N–H and O–H groups in total. The first-order valence-electron chi connectivity index (χ1n) is 27.3. The molecule has 3 aliphatic rings. The number of hydrogen-bond acceptors (Lipinski definition) is 10. The normalized spacial score (nSPS) is 16.7. The van der Waals surface area contributed by atoms with Gasteiger partial charge in [0.05, 0.1) is 18.2 Å². The van der Waals surface area contributed by atoms with E-state index in [4.69, 9.17) is 9.47 Å². The number of carbonyl (C=O) groups excluding carboxylic acids is 3. The zero-order valence-electron chi connectivity index (χ0n) is 43.7. The lowest BCUT2D eigenvalue weighted by atomic mass is 9.71. The smallest absolute Gasteiger partial charge is 0.317 e. The van der Waals surface area contributed by atoms with E-state index in [0.29, 0.717) is 98.2 Å². The van der Waals surface area contributed by atoms with Crippen LogP contribution in [-0.2, 0) is 29.1 Å². The maximum absolute atomic E-state index is 13.9. The lowest BCUT2D eigenvalue weighted by molar-refractivity contribution is -0.146. The van der Waals surface area contributed by atoms with Gasteiger partial charge < -0.3 is 39.8 Å². The molecule has 2 amide bonds. The van der Waals surface area contributed by atoms with Crippen molar-refractivity contribution >= 4 is 28.7 Å². The molecule has 2 atom stereocenters. The lowest BCUT2D eigenvalue weighted by Gasteiger charge is -2.47. The topological polar surface area (TPSA) is 165 Å². The maximum Gasteiger partial charge on any atom is 0.317 e. The SMILES string of the molecule is O=C(OCC1CCN(Cc2ccccc2)CC1)C(c1ccccc1)c1cccc(OCc2ccc(C(=O)N3CCC4(CCN(C(=O)c5ccc(CCNCC(O)c6ccc(O)c7[nH]c(=O)ccc67)cc5)CC4)CC3)cc2)c1. The van der Waals surface area contributed by atoms with Crippen LogP contribution in [0.15, 0.2) is 163 Å². The van der Waals surface area contributed by atoms with Crippen molar-refractivity contribution < 1.29 is 34.1 Å². The molecule has 0 saturated carbocycles. The molecule has 3 aliphatic heterocycles. The number of H-pyrrole nitrogens is 1. The molecule has 1 aromatic heterocycles. The van der Waals surface area contributed by atoms with Gasteiger partial charge in [0.25, 0.3) is 11.8 Å². The summed E-state index contributed by atoms with van der Waals surface area (Å²) in [6, 6.07) is 49.6. The second-order valence-electron chi connectivity index (χ2n) is 21.3. The van der Waals surface area contributed by atoms with Crippen LogP contribution >= 0.6 is 0 Å².